The van der Waals surface area contributed by atoms with E-state index in [0.29, 0.717) is 23.0 Å². The van der Waals surface area contributed by atoms with Gasteiger partial charge in [-0.1, -0.05) is 0 Å². The summed E-state index contributed by atoms with van der Waals surface area (Å²) >= 11 is 0. The van der Waals surface area contributed by atoms with Gasteiger partial charge in [0.05, 0.1) is 30.6 Å². The van der Waals surface area contributed by atoms with Crippen LogP contribution in [0.5, 0.6) is 5.75 Å². The summed E-state index contributed by atoms with van der Waals surface area (Å²) < 4.78 is 27.6. The fourth-order valence-corrected chi connectivity index (χ4v) is 2.95. The molecule has 1 saturated carbocycles. The second-order valence-corrected chi connectivity index (χ2v) is 7.42. The average molecular weight is 455 g/mol. The zero-order valence-corrected chi connectivity index (χ0v) is 18.2. The predicted molar refractivity (Wildman–Crippen MR) is 119 cm³/mol. The molecule has 1 aliphatic rings. The highest BCUT2D eigenvalue weighted by Crippen LogP contribution is 2.38. The highest BCUT2D eigenvalue weighted by Gasteiger charge is 2.27. The van der Waals surface area contributed by atoms with Gasteiger partial charge in [0.15, 0.2) is 23.1 Å². The predicted octanol–water partition coefficient (Wildman–Crippen LogP) is 1.67. The van der Waals surface area contributed by atoms with Crippen molar-refractivity contribution in [3.05, 3.63) is 30.2 Å². The van der Waals surface area contributed by atoms with Crippen LogP contribution in [0.4, 0.5) is 22.1 Å². The van der Waals surface area contributed by atoms with E-state index in [-0.39, 0.29) is 23.0 Å². The maximum atomic E-state index is 12.6. The number of anilines is 3. The van der Waals surface area contributed by atoms with Gasteiger partial charge >= 0.3 is 6.03 Å². The van der Waals surface area contributed by atoms with Gasteiger partial charge in [-0.05, 0) is 18.9 Å². The lowest BCUT2D eigenvalue weighted by atomic mass is 10.2. The van der Waals surface area contributed by atoms with Crippen LogP contribution in [0.15, 0.2) is 24.5 Å². The van der Waals surface area contributed by atoms with E-state index < -0.39 is 18.9 Å². The molecule has 0 bridgehead atoms. The summed E-state index contributed by atoms with van der Waals surface area (Å²) in [4.78, 5) is 32.0. The third-order valence-electron chi connectivity index (χ3n) is 4.78. The van der Waals surface area contributed by atoms with E-state index in [2.05, 4.69) is 36.0 Å². The van der Waals surface area contributed by atoms with Crippen LogP contribution in [0, 0.1) is 0 Å². The summed E-state index contributed by atoms with van der Waals surface area (Å²) in [5, 5.41) is 23.8. The Hall–Kier alpha value is -4.29. The SMILES string of the molecule is [2H]C([2H])([2H])NC(=O)c1nnc(NC(=O)N(C)C)cc1Nc1nccc(-c2cnn(C3CC3)n2)c1OC. The van der Waals surface area contributed by atoms with E-state index in [1.165, 1.54) is 24.3 Å². The van der Waals surface area contributed by atoms with Crippen molar-refractivity contribution in [1.29, 1.82) is 0 Å². The Balaban J connectivity index is 1.72. The van der Waals surface area contributed by atoms with Crippen molar-refractivity contribution >= 4 is 29.3 Å². The minimum atomic E-state index is -2.75. The van der Waals surface area contributed by atoms with Crippen LogP contribution in [-0.4, -0.2) is 75.2 Å². The van der Waals surface area contributed by atoms with Crippen LogP contribution in [0.25, 0.3) is 11.3 Å². The number of hydrogen-bond donors (Lipinski definition) is 3. The van der Waals surface area contributed by atoms with Crippen LogP contribution in [0.3, 0.4) is 0 Å². The number of hydrogen-bond acceptors (Lipinski definition) is 9. The number of urea groups is 1. The van der Waals surface area contributed by atoms with Gasteiger partial charge < -0.3 is 20.3 Å². The molecule has 3 heterocycles. The molecule has 33 heavy (non-hydrogen) atoms. The fraction of sp³-hybridized carbons (Fsp3) is 0.350. The van der Waals surface area contributed by atoms with Gasteiger partial charge in [-0.15, -0.1) is 10.2 Å². The zero-order chi connectivity index (χ0) is 26.0. The number of nitrogens with one attached hydrogen (secondary N) is 3. The van der Waals surface area contributed by atoms with Crippen molar-refractivity contribution in [3.8, 4) is 17.0 Å². The molecule has 3 aromatic heterocycles. The molecule has 0 radical (unpaired) electrons. The minimum absolute atomic E-state index is 0.0177. The molecule has 3 amide bonds. The fourth-order valence-electron chi connectivity index (χ4n) is 2.95. The number of pyridine rings is 1. The molecule has 1 fully saturated rings. The summed E-state index contributed by atoms with van der Waals surface area (Å²) in [6.45, 7) is -2.75. The minimum Gasteiger partial charge on any atom is -0.492 e. The molecule has 0 spiro atoms. The Morgan fingerprint density at radius 3 is 2.82 bits per heavy atom. The van der Waals surface area contributed by atoms with E-state index >= 15 is 0 Å². The maximum Gasteiger partial charge on any atom is 0.322 e. The number of carbonyl (C=O) groups is 2. The second-order valence-electron chi connectivity index (χ2n) is 7.42. The molecule has 0 aliphatic heterocycles. The van der Waals surface area contributed by atoms with E-state index in [1.807, 2.05) is 5.32 Å². The third kappa shape index (κ3) is 4.66. The Bertz CT molecular complexity index is 1290. The van der Waals surface area contributed by atoms with Crippen molar-refractivity contribution in [2.75, 3.05) is 38.8 Å². The molecule has 4 rings (SSSR count). The van der Waals surface area contributed by atoms with Gasteiger partial charge in [-0.3, -0.25) is 10.1 Å². The Morgan fingerprint density at radius 2 is 2.12 bits per heavy atom. The van der Waals surface area contributed by atoms with Crippen LogP contribution >= 0.6 is 0 Å². The van der Waals surface area contributed by atoms with E-state index in [9.17, 15) is 9.59 Å². The normalized spacial score (nSPS) is 14.5. The van der Waals surface area contributed by atoms with Gasteiger partial charge in [0.25, 0.3) is 5.91 Å². The van der Waals surface area contributed by atoms with Crippen molar-refractivity contribution in [3.63, 3.8) is 0 Å². The number of amides is 3. The van der Waals surface area contributed by atoms with Crippen molar-refractivity contribution in [2.24, 2.45) is 0 Å². The molecule has 0 saturated heterocycles. The largest absolute Gasteiger partial charge is 0.492 e. The number of nitrogens with zero attached hydrogens (tertiary/aromatic N) is 7. The second kappa shape index (κ2) is 9.06. The smallest absolute Gasteiger partial charge is 0.322 e. The van der Waals surface area contributed by atoms with E-state index in [0.717, 1.165) is 12.8 Å². The third-order valence-corrected chi connectivity index (χ3v) is 4.78. The molecule has 13 heteroatoms. The Labute approximate surface area is 193 Å². The molecule has 0 atom stereocenters. The summed E-state index contributed by atoms with van der Waals surface area (Å²) in [5.41, 5.74) is 0.864. The van der Waals surface area contributed by atoms with E-state index in [1.54, 1.807) is 31.2 Å². The first-order valence-corrected chi connectivity index (χ1v) is 9.96. The van der Waals surface area contributed by atoms with Gasteiger partial charge in [-0.25, -0.2) is 9.78 Å². The zero-order valence-electron chi connectivity index (χ0n) is 21.2. The highest BCUT2D eigenvalue weighted by molar-refractivity contribution is 5.99. The Kier molecular flexibility index (Phi) is 5.02. The Morgan fingerprint density at radius 1 is 1.30 bits per heavy atom. The number of methoxy groups -OCH3 is 1. The molecule has 1 aliphatic carbocycles. The van der Waals surface area contributed by atoms with Crippen molar-refractivity contribution in [2.45, 2.75) is 18.9 Å². The molecule has 13 nitrogen and oxygen atoms in total. The lowest BCUT2D eigenvalue weighted by molar-refractivity contribution is 0.0958. The summed E-state index contributed by atoms with van der Waals surface area (Å²) in [6.07, 6.45) is 5.19. The molecule has 0 unspecified atom stereocenters. The van der Waals surface area contributed by atoms with E-state index in [4.69, 9.17) is 8.85 Å². The molecule has 172 valence electrons. The van der Waals surface area contributed by atoms with Gasteiger partial charge in [0.2, 0.25) is 0 Å². The first kappa shape index (κ1) is 18.3. The molecular formula is C20H24N10O3. The first-order chi connectivity index (χ1) is 17.1. The van der Waals surface area contributed by atoms with Gasteiger partial charge in [-0.2, -0.15) is 15.0 Å². The summed E-state index contributed by atoms with van der Waals surface area (Å²) in [5.74, 6) is -0.489. The van der Waals surface area contributed by atoms with Crippen LogP contribution in [-0.2, 0) is 0 Å². The van der Waals surface area contributed by atoms with Crippen LogP contribution < -0.4 is 20.7 Å². The topological polar surface area (TPSA) is 152 Å². The van der Waals surface area contributed by atoms with Gasteiger partial charge in [0.1, 0.15) is 5.69 Å². The van der Waals surface area contributed by atoms with Crippen LogP contribution in [0.2, 0.25) is 0 Å². The highest BCUT2D eigenvalue weighted by atomic mass is 16.5. The summed E-state index contributed by atoms with van der Waals surface area (Å²) in [6, 6.07) is 2.86. The van der Waals surface area contributed by atoms with Crippen LogP contribution in [0.1, 0.15) is 33.5 Å². The summed E-state index contributed by atoms with van der Waals surface area (Å²) in [7, 11) is 4.53. The molecular weight excluding hydrogens is 428 g/mol. The number of rotatable bonds is 7. The standard InChI is InChI=1S/C20H24N10O3/c1-21-19(31)16-13(9-15(26-27-16)25-20(32)29(2)3)24-18-17(33-4)12(7-8-22-18)14-10-23-30(28-14)11-5-6-11/h7-11H,5-6H2,1-4H3,(H,21,31)(H2,22,24,25,26,32)/i1D3. The van der Waals surface area contributed by atoms with Crippen molar-refractivity contribution in [1.82, 2.24) is 40.4 Å². The van der Waals surface area contributed by atoms with Crippen molar-refractivity contribution < 1.29 is 18.4 Å². The average Bonchev–Trinajstić information content (AvgIpc) is 3.54. The first-order valence-electron chi connectivity index (χ1n) is 11.5. The monoisotopic (exact) mass is 455 g/mol. The van der Waals surface area contributed by atoms with Gasteiger partial charge in [0, 0.05) is 37.4 Å². The maximum absolute atomic E-state index is 12.6. The lowest BCUT2D eigenvalue weighted by Gasteiger charge is -2.16. The number of carbonyl (C=O) groups excluding carboxylic acids is 2. The molecule has 3 N–H and O–H groups in total. The quantitative estimate of drug-likeness (QED) is 0.483. The molecule has 3 aromatic rings. The number of ether oxygens (including phenoxy) is 1. The molecule has 0 aromatic carbocycles. The lowest BCUT2D eigenvalue weighted by Crippen LogP contribution is -2.28. The number of aromatic nitrogens is 6.